The number of aliphatic hydroxyl groups is 1. The summed E-state index contributed by atoms with van der Waals surface area (Å²) in [5.74, 6) is 0.486. The topological polar surface area (TPSA) is 32.3 Å². The first-order valence-electron chi connectivity index (χ1n) is 3.69. The average Bonchev–Trinajstić information content (AvgIpc) is 1.99. The van der Waals surface area contributed by atoms with Crippen molar-refractivity contribution in [3.8, 4) is 0 Å². The summed E-state index contributed by atoms with van der Waals surface area (Å²) in [5.41, 5.74) is 0. The van der Waals surface area contributed by atoms with Crippen LogP contribution in [0, 0.1) is 5.92 Å². The van der Waals surface area contributed by atoms with E-state index in [-0.39, 0.29) is 6.10 Å². The van der Waals surface area contributed by atoms with Crippen LogP contribution < -0.4 is 5.32 Å². The number of nitrogens with one attached hydrogen (secondary N) is 1. The number of hydrogen-bond donors (Lipinski definition) is 2. The van der Waals surface area contributed by atoms with Gasteiger partial charge in [-0.15, -0.1) is 0 Å². The minimum Gasteiger partial charge on any atom is -0.392 e. The zero-order chi connectivity index (χ0) is 6.69. The van der Waals surface area contributed by atoms with Gasteiger partial charge < -0.3 is 10.4 Å². The van der Waals surface area contributed by atoms with Gasteiger partial charge in [0.15, 0.2) is 0 Å². The molecule has 0 radical (unpaired) electrons. The van der Waals surface area contributed by atoms with E-state index in [9.17, 15) is 5.11 Å². The van der Waals surface area contributed by atoms with E-state index in [0.717, 1.165) is 19.5 Å². The molecule has 0 amide bonds. The van der Waals surface area contributed by atoms with Crippen molar-refractivity contribution in [1.82, 2.24) is 5.32 Å². The standard InChI is InChI=1S/C7H15NO/c1-6-3-2-4-8-5-7(6)9/h6-9H,2-5H2,1H3/t6-,7-/m0/s1. The quantitative estimate of drug-likeness (QED) is 0.495. The summed E-state index contributed by atoms with van der Waals surface area (Å²) in [6, 6.07) is 0. The Hall–Kier alpha value is -0.0800. The second-order valence-electron chi connectivity index (χ2n) is 2.89. The number of rotatable bonds is 0. The van der Waals surface area contributed by atoms with Crippen LogP contribution in [0.4, 0.5) is 0 Å². The maximum absolute atomic E-state index is 9.30. The Kier molecular flexibility index (Phi) is 2.49. The van der Waals surface area contributed by atoms with Crippen molar-refractivity contribution in [3.63, 3.8) is 0 Å². The number of aliphatic hydroxyl groups excluding tert-OH is 1. The van der Waals surface area contributed by atoms with Gasteiger partial charge in [0.25, 0.3) is 0 Å². The molecule has 2 nitrogen and oxygen atoms in total. The average molecular weight is 129 g/mol. The van der Waals surface area contributed by atoms with Gasteiger partial charge in [0, 0.05) is 6.54 Å². The van der Waals surface area contributed by atoms with Crippen LogP contribution in [-0.4, -0.2) is 24.3 Å². The summed E-state index contributed by atoms with van der Waals surface area (Å²) < 4.78 is 0. The second kappa shape index (κ2) is 3.18. The molecule has 0 unspecified atom stereocenters. The summed E-state index contributed by atoms with van der Waals surface area (Å²) in [6.45, 7) is 3.96. The molecular formula is C7H15NO. The molecule has 0 aromatic carbocycles. The van der Waals surface area contributed by atoms with Crippen LogP contribution in [0.1, 0.15) is 19.8 Å². The van der Waals surface area contributed by atoms with Crippen LogP contribution in [-0.2, 0) is 0 Å². The van der Waals surface area contributed by atoms with Crippen molar-refractivity contribution in [2.24, 2.45) is 5.92 Å². The van der Waals surface area contributed by atoms with Crippen molar-refractivity contribution in [2.45, 2.75) is 25.9 Å². The summed E-state index contributed by atoms with van der Waals surface area (Å²) in [6.07, 6.45) is 2.25. The number of hydrogen-bond acceptors (Lipinski definition) is 2. The Morgan fingerprint density at radius 3 is 3.11 bits per heavy atom. The molecule has 1 aliphatic rings. The maximum Gasteiger partial charge on any atom is 0.0690 e. The fourth-order valence-electron chi connectivity index (χ4n) is 1.19. The fourth-order valence-corrected chi connectivity index (χ4v) is 1.19. The van der Waals surface area contributed by atoms with Gasteiger partial charge in [-0.25, -0.2) is 0 Å². The van der Waals surface area contributed by atoms with Crippen molar-refractivity contribution in [1.29, 1.82) is 0 Å². The molecule has 1 saturated heterocycles. The second-order valence-corrected chi connectivity index (χ2v) is 2.89. The molecule has 0 spiro atoms. The van der Waals surface area contributed by atoms with E-state index in [2.05, 4.69) is 12.2 Å². The van der Waals surface area contributed by atoms with Gasteiger partial charge in [-0.05, 0) is 25.3 Å². The van der Waals surface area contributed by atoms with E-state index >= 15 is 0 Å². The molecule has 9 heavy (non-hydrogen) atoms. The van der Waals surface area contributed by atoms with E-state index in [0.29, 0.717) is 5.92 Å². The van der Waals surface area contributed by atoms with Gasteiger partial charge in [-0.2, -0.15) is 0 Å². The van der Waals surface area contributed by atoms with Crippen molar-refractivity contribution >= 4 is 0 Å². The van der Waals surface area contributed by atoms with Gasteiger partial charge in [0.05, 0.1) is 6.10 Å². The minimum atomic E-state index is -0.118. The third kappa shape index (κ3) is 1.95. The van der Waals surface area contributed by atoms with Gasteiger partial charge in [0.1, 0.15) is 0 Å². The molecule has 0 saturated carbocycles. The Morgan fingerprint density at radius 1 is 1.56 bits per heavy atom. The number of β-amino-alcohol motifs (C(OH)–C–C–N with tert-alkyl or cyclic N) is 1. The molecule has 1 fully saturated rings. The molecule has 2 N–H and O–H groups in total. The SMILES string of the molecule is C[C@H]1CCCNC[C@@H]1O. The zero-order valence-corrected chi connectivity index (χ0v) is 5.93. The van der Waals surface area contributed by atoms with E-state index < -0.39 is 0 Å². The lowest BCUT2D eigenvalue weighted by Gasteiger charge is -2.13. The van der Waals surface area contributed by atoms with E-state index in [4.69, 9.17) is 0 Å². The summed E-state index contributed by atoms with van der Waals surface area (Å²) in [7, 11) is 0. The third-order valence-corrected chi connectivity index (χ3v) is 2.02. The van der Waals surface area contributed by atoms with Gasteiger partial charge in [-0.1, -0.05) is 6.92 Å². The molecule has 2 atom stereocenters. The maximum atomic E-state index is 9.30. The van der Waals surface area contributed by atoms with Crippen molar-refractivity contribution < 1.29 is 5.11 Å². The van der Waals surface area contributed by atoms with Gasteiger partial charge >= 0.3 is 0 Å². The van der Waals surface area contributed by atoms with E-state index in [1.807, 2.05) is 0 Å². The molecule has 0 bridgehead atoms. The van der Waals surface area contributed by atoms with Crippen molar-refractivity contribution in [3.05, 3.63) is 0 Å². The lowest BCUT2D eigenvalue weighted by Crippen LogP contribution is -2.28. The van der Waals surface area contributed by atoms with Crippen LogP contribution >= 0.6 is 0 Å². The summed E-state index contributed by atoms with van der Waals surface area (Å²) in [5, 5.41) is 12.5. The van der Waals surface area contributed by atoms with Crippen LogP contribution in [0.3, 0.4) is 0 Å². The van der Waals surface area contributed by atoms with Crippen LogP contribution in [0.25, 0.3) is 0 Å². The first-order chi connectivity index (χ1) is 4.30. The molecule has 0 aromatic rings. The van der Waals surface area contributed by atoms with Gasteiger partial charge in [0.2, 0.25) is 0 Å². The fraction of sp³-hybridized carbons (Fsp3) is 1.00. The molecule has 1 rings (SSSR count). The smallest absolute Gasteiger partial charge is 0.0690 e. The summed E-state index contributed by atoms with van der Waals surface area (Å²) >= 11 is 0. The predicted octanol–water partition coefficient (Wildman–Crippen LogP) is 0.367. The summed E-state index contributed by atoms with van der Waals surface area (Å²) in [4.78, 5) is 0. The molecular weight excluding hydrogens is 114 g/mol. The van der Waals surface area contributed by atoms with E-state index in [1.165, 1.54) is 6.42 Å². The lowest BCUT2D eigenvalue weighted by molar-refractivity contribution is 0.120. The minimum absolute atomic E-state index is 0.118. The lowest BCUT2D eigenvalue weighted by atomic mass is 10.0. The normalized spacial score (nSPS) is 38.0. The van der Waals surface area contributed by atoms with Crippen LogP contribution in [0.5, 0.6) is 0 Å². The first-order valence-corrected chi connectivity index (χ1v) is 3.69. The Labute approximate surface area is 56.3 Å². The zero-order valence-electron chi connectivity index (χ0n) is 5.93. The molecule has 0 aliphatic carbocycles. The highest BCUT2D eigenvalue weighted by molar-refractivity contribution is 4.71. The van der Waals surface area contributed by atoms with Crippen LogP contribution in [0.15, 0.2) is 0 Å². The molecule has 54 valence electrons. The largest absolute Gasteiger partial charge is 0.392 e. The Morgan fingerprint density at radius 2 is 2.33 bits per heavy atom. The van der Waals surface area contributed by atoms with Gasteiger partial charge in [-0.3, -0.25) is 0 Å². The molecule has 1 heterocycles. The highest BCUT2D eigenvalue weighted by Gasteiger charge is 2.15. The molecule has 0 aromatic heterocycles. The highest BCUT2D eigenvalue weighted by Crippen LogP contribution is 2.11. The predicted molar refractivity (Wildman–Crippen MR) is 37.3 cm³/mol. The highest BCUT2D eigenvalue weighted by atomic mass is 16.3. The monoisotopic (exact) mass is 129 g/mol. The molecule has 2 heteroatoms. The van der Waals surface area contributed by atoms with E-state index in [1.54, 1.807) is 0 Å². The molecule has 1 aliphatic heterocycles. The Bertz CT molecular complexity index is 75.0. The van der Waals surface area contributed by atoms with Crippen molar-refractivity contribution in [2.75, 3.05) is 13.1 Å². The Balaban J connectivity index is 2.32. The third-order valence-electron chi connectivity index (χ3n) is 2.02. The first kappa shape index (κ1) is 7.03. The van der Waals surface area contributed by atoms with Crippen LogP contribution in [0.2, 0.25) is 0 Å².